The fourth-order valence-electron chi connectivity index (χ4n) is 3.68. The van der Waals surface area contributed by atoms with Crippen LogP contribution in [0.5, 0.6) is 0 Å². The first kappa shape index (κ1) is 48.5. The van der Waals surface area contributed by atoms with E-state index in [1.807, 2.05) is 84.9 Å². The number of hydrogen-bond donors (Lipinski definition) is 0. The molecule has 0 radical (unpaired) electrons. The van der Waals surface area contributed by atoms with Gasteiger partial charge in [-0.1, -0.05) is 148 Å². The van der Waals surface area contributed by atoms with E-state index in [0.717, 1.165) is 11.1 Å². The Labute approximate surface area is 295 Å². The van der Waals surface area contributed by atoms with Gasteiger partial charge in [0.05, 0.1) is 0 Å². The van der Waals surface area contributed by atoms with E-state index >= 15 is 0 Å². The Morgan fingerprint density at radius 3 is 1.44 bits per heavy atom. The molecule has 4 aromatic rings. The smallest absolute Gasteiger partial charge is 0 e. The van der Waals surface area contributed by atoms with E-state index in [-0.39, 0.29) is 59.1 Å². The van der Waals surface area contributed by atoms with E-state index in [1.165, 1.54) is 11.1 Å². The zero-order chi connectivity index (χ0) is 28.1. The van der Waals surface area contributed by atoms with Gasteiger partial charge in [0.1, 0.15) is 10.0 Å². The quantitative estimate of drug-likeness (QED) is 0.138. The molecule has 0 bridgehead atoms. The molecule has 0 aromatic heterocycles. The maximum absolute atomic E-state index is 12.8. The Morgan fingerprint density at radius 2 is 1.05 bits per heavy atom. The van der Waals surface area contributed by atoms with Crippen LogP contribution in [-0.4, -0.2) is 8.42 Å². The number of rotatable bonds is 7. The minimum atomic E-state index is -3.87. The summed E-state index contributed by atoms with van der Waals surface area (Å²) in [7, 11) is 0.696. The Kier molecular flexibility index (Phi) is 28.0. The molecule has 0 aliphatic carbocycles. The summed E-state index contributed by atoms with van der Waals surface area (Å²) in [4.78, 5) is 0.143. The zero-order valence-corrected chi connectivity index (χ0v) is 29.7. The summed E-state index contributed by atoms with van der Waals surface area (Å²) < 4.78 is 29.8. The number of benzene rings is 4. The van der Waals surface area contributed by atoms with E-state index in [9.17, 15) is 8.42 Å². The molecule has 4 nitrogen and oxygen atoms in total. The molecule has 2 atom stereocenters. The van der Waals surface area contributed by atoms with Crippen LogP contribution in [0, 0.1) is 21.3 Å². The van der Waals surface area contributed by atoms with Crippen LogP contribution < -0.4 is 0 Å². The van der Waals surface area contributed by atoms with Crippen molar-refractivity contribution in [3.05, 3.63) is 155 Å². The summed E-state index contributed by atoms with van der Waals surface area (Å²) in [5.41, 5.74) is 13.8. The van der Waals surface area contributed by atoms with Crippen LogP contribution >= 0.6 is 22.1 Å². The van der Waals surface area contributed by atoms with Crippen molar-refractivity contribution < 1.29 is 45.2 Å². The first-order chi connectivity index (χ1) is 18.2. The molecule has 0 unspecified atom stereocenters. The maximum Gasteiger partial charge on any atom is 0 e. The van der Waals surface area contributed by atoms with Gasteiger partial charge < -0.3 is 17.9 Å². The second kappa shape index (κ2) is 24.8. The van der Waals surface area contributed by atoms with E-state index in [1.54, 1.807) is 24.3 Å². The first-order valence-corrected chi connectivity index (χ1v) is 15.9. The van der Waals surface area contributed by atoms with Crippen molar-refractivity contribution in [2.45, 2.75) is 65.4 Å². The molecular weight excluding hydrogens is 773 g/mol. The van der Waals surface area contributed by atoms with Crippen LogP contribution in [0.3, 0.4) is 0 Å². The van der Waals surface area contributed by atoms with Gasteiger partial charge in [-0.15, -0.1) is 24.5 Å². The van der Waals surface area contributed by atoms with Gasteiger partial charge >= 0.3 is 27.0 Å². The summed E-state index contributed by atoms with van der Waals surface area (Å²) in [5, 5.41) is 0. The van der Waals surface area contributed by atoms with Crippen LogP contribution in [0.25, 0.3) is 10.5 Å². The third-order valence-corrected chi connectivity index (χ3v) is 7.30. The fourth-order valence-corrected chi connectivity index (χ4v) is 4.82. The maximum atomic E-state index is 12.8. The Morgan fingerprint density at radius 1 is 0.674 bits per heavy atom. The van der Waals surface area contributed by atoms with Gasteiger partial charge in [0.2, 0.25) is 0 Å². The van der Waals surface area contributed by atoms with Gasteiger partial charge in [0.25, 0.3) is 0 Å². The fraction of sp³-hybridized carbons (Fsp3) is 0.265. The van der Waals surface area contributed by atoms with Crippen molar-refractivity contribution in [2.75, 3.05) is 0 Å². The molecule has 0 amide bonds. The number of nitrogens with zero attached hydrogens (tertiary/aromatic N) is 1. The average Bonchev–Trinajstić information content (AvgIpc) is 2.94. The molecule has 0 aliphatic heterocycles. The molecule has 0 saturated heterocycles. The summed E-state index contributed by atoms with van der Waals surface area (Å²) in [6.45, 7) is 8.44. The third-order valence-electron chi connectivity index (χ3n) is 5.93. The third kappa shape index (κ3) is 15.9. The molecule has 0 saturated carbocycles. The summed E-state index contributed by atoms with van der Waals surface area (Å²) in [6.07, 6.45) is 0. The topological polar surface area (TPSA) is 72.0 Å². The molecule has 0 spiro atoms. The van der Waals surface area contributed by atoms with E-state index < -0.39 is 22.1 Å². The van der Waals surface area contributed by atoms with Crippen LogP contribution in [0.1, 0.15) is 74.5 Å². The molecular formula is C34H46Cl2N2O2Ru2S. The summed E-state index contributed by atoms with van der Waals surface area (Å²) >= 11 is 1.82. The van der Waals surface area contributed by atoms with E-state index in [2.05, 4.69) is 59.4 Å². The van der Waals surface area contributed by atoms with Crippen LogP contribution in [0.15, 0.2) is 114 Å². The van der Waals surface area contributed by atoms with Gasteiger partial charge in [0, 0.05) is 24.4 Å². The van der Waals surface area contributed by atoms with Crippen molar-refractivity contribution in [3.8, 4) is 0 Å². The standard InChI is InChI=1S/C21H20N2O2S.C10H14.2CH4.CH3.2ClH.2Ru/c1-16-12-14-19(15-13-16)26(24,25)23-21(18-10-6-3-7-11-18)20(22)17-8-4-2-5-9-17;1-8(2)10-6-4-9(3)5-7-10;;;;;;;/h2-15,20-22H,1H3;4-8H,1-3H3;2*1H4;1H3;2*1H;;/q-2;;;;-1;;;;+4/p-1/t20-,21-;;;;;;;;/m0......../s1. The SMILES string of the molecule is C.C.Cc1ccc(C(C)C)cc1.Cc1ccc(S(=O)(=O)[N-][C@@H](c2ccccc2)[C@@H]([NH-])c2ccccc2)cc1.Cl.[CH3-].[Cl][Ru+3].[Ru]. The summed E-state index contributed by atoms with van der Waals surface area (Å²) in [5.74, 6) is 0.653. The van der Waals surface area contributed by atoms with Crippen molar-refractivity contribution >= 4 is 32.1 Å². The van der Waals surface area contributed by atoms with E-state index in [0.29, 0.717) is 11.5 Å². The molecule has 4 aromatic carbocycles. The number of hydrogen-bond acceptors (Lipinski definition) is 2. The Bertz CT molecular complexity index is 1330. The summed E-state index contributed by atoms with van der Waals surface area (Å²) in [6, 6.07) is 32.0. The van der Waals surface area contributed by atoms with Gasteiger partial charge in [-0.05, 0) is 37.5 Å². The van der Waals surface area contributed by atoms with E-state index in [4.69, 9.17) is 5.73 Å². The van der Waals surface area contributed by atoms with Gasteiger partial charge in [-0.3, -0.25) is 0 Å². The predicted molar refractivity (Wildman–Crippen MR) is 183 cm³/mol. The van der Waals surface area contributed by atoms with Crippen LogP contribution in [-0.2, 0) is 46.8 Å². The Balaban J connectivity index is -0.000000385. The average molecular weight is 820 g/mol. The number of nitrogens with one attached hydrogen (secondary N) is 1. The van der Waals surface area contributed by atoms with Gasteiger partial charge in [-0.25, -0.2) is 8.42 Å². The van der Waals surface area contributed by atoms with Crippen molar-refractivity contribution in [2.24, 2.45) is 0 Å². The molecule has 43 heavy (non-hydrogen) atoms. The van der Waals surface area contributed by atoms with Crippen molar-refractivity contribution in [3.63, 3.8) is 0 Å². The molecule has 0 fully saturated rings. The number of aryl methyl sites for hydroxylation is 2. The molecule has 0 aliphatic rings. The van der Waals surface area contributed by atoms with Crippen molar-refractivity contribution in [1.82, 2.24) is 0 Å². The van der Waals surface area contributed by atoms with Crippen LogP contribution in [0.4, 0.5) is 0 Å². The second-order valence-corrected chi connectivity index (χ2v) is 10.8. The zero-order valence-electron chi connectivity index (χ0n) is 23.8. The Hall–Kier alpha value is -1.42. The molecule has 1 N–H and O–H groups in total. The molecule has 9 heteroatoms. The monoisotopic (exact) mass is 820 g/mol. The van der Waals surface area contributed by atoms with Gasteiger partial charge in [-0.2, -0.15) is 0 Å². The second-order valence-electron chi connectivity index (χ2n) is 9.20. The largest absolute Gasteiger partial charge is 0 e. The molecule has 0 heterocycles. The molecule has 240 valence electrons. The predicted octanol–water partition coefficient (Wildman–Crippen LogP) is 11.5. The minimum Gasteiger partial charge on any atom is 0 e. The normalized spacial score (nSPS) is 11.0. The number of sulfonamides is 1. The first-order valence-electron chi connectivity index (χ1n) is 12.2. The number of halogens is 2. The minimum absolute atomic E-state index is 0. The van der Waals surface area contributed by atoms with Crippen molar-refractivity contribution in [1.29, 1.82) is 0 Å². The van der Waals surface area contributed by atoms with Gasteiger partial charge in [0.15, 0.2) is 0 Å². The van der Waals surface area contributed by atoms with Crippen LogP contribution in [0.2, 0.25) is 0 Å². The molecule has 4 rings (SSSR count).